The highest BCUT2D eigenvalue weighted by molar-refractivity contribution is 5.76. The summed E-state index contributed by atoms with van der Waals surface area (Å²) in [7, 11) is 1.62. The average Bonchev–Trinajstić information content (AvgIpc) is 2.78. The van der Waals surface area contributed by atoms with Crippen LogP contribution in [0.1, 0.15) is 44.8 Å². The molecule has 0 saturated heterocycles. The molecule has 18 heavy (non-hydrogen) atoms. The highest BCUT2D eigenvalue weighted by Gasteiger charge is 2.26. The highest BCUT2D eigenvalue weighted by atomic mass is 16.5. The number of methoxy groups -OCH3 is 1. The molecule has 1 aromatic rings. The van der Waals surface area contributed by atoms with E-state index >= 15 is 0 Å². The number of hydrogen-bond acceptors (Lipinski definition) is 6. The third-order valence-corrected chi connectivity index (χ3v) is 2.63. The summed E-state index contributed by atoms with van der Waals surface area (Å²) in [6, 6.07) is 0. The summed E-state index contributed by atoms with van der Waals surface area (Å²) in [4.78, 5) is 15.9. The van der Waals surface area contributed by atoms with Gasteiger partial charge in [0.2, 0.25) is 5.89 Å². The Hall–Kier alpha value is -1.43. The predicted molar refractivity (Wildman–Crippen MR) is 64.1 cm³/mol. The zero-order valence-corrected chi connectivity index (χ0v) is 11.3. The first-order chi connectivity index (χ1) is 8.62. The van der Waals surface area contributed by atoms with Crippen LogP contribution >= 0.6 is 0 Å². The van der Waals surface area contributed by atoms with Crippen molar-refractivity contribution in [2.75, 3.05) is 13.7 Å². The first-order valence-electron chi connectivity index (χ1n) is 6.14. The van der Waals surface area contributed by atoms with Gasteiger partial charge in [0.1, 0.15) is 5.92 Å². The first-order valence-corrected chi connectivity index (χ1v) is 6.14. The molecule has 0 aliphatic heterocycles. The minimum Gasteiger partial charge on any atom is -0.465 e. The van der Waals surface area contributed by atoms with Gasteiger partial charge in [0.15, 0.2) is 5.82 Å². The number of hydrogen-bond donors (Lipinski definition) is 0. The van der Waals surface area contributed by atoms with Gasteiger partial charge in [-0.05, 0) is 20.3 Å². The summed E-state index contributed by atoms with van der Waals surface area (Å²) in [5.74, 6) is 0.0513. The summed E-state index contributed by atoms with van der Waals surface area (Å²) >= 11 is 0. The van der Waals surface area contributed by atoms with E-state index in [1.165, 1.54) is 0 Å². The molecule has 1 rings (SSSR count). The van der Waals surface area contributed by atoms with Crippen LogP contribution in [-0.4, -0.2) is 35.9 Å². The van der Waals surface area contributed by atoms with Crippen LogP contribution in [0.5, 0.6) is 0 Å². The van der Waals surface area contributed by atoms with E-state index in [0.717, 1.165) is 0 Å². The van der Waals surface area contributed by atoms with Crippen molar-refractivity contribution in [1.82, 2.24) is 10.1 Å². The molecule has 6 nitrogen and oxygen atoms in total. The van der Waals surface area contributed by atoms with Gasteiger partial charge in [-0.2, -0.15) is 4.98 Å². The Kier molecular flexibility index (Phi) is 5.77. The van der Waals surface area contributed by atoms with Crippen molar-refractivity contribution in [3.05, 3.63) is 11.7 Å². The maximum Gasteiger partial charge on any atom is 0.318 e. The van der Waals surface area contributed by atoms with Crippen molar-refractivity contribution >= 4 is 5.97 Å². The fraction of sp³-hybridized carbons (Fsp3) is 0.750. The maximum absolute atomic E-state index is 11.7. The van der Waals surface area contributed by atoms with Gasteiger partial charge in [0.25, 0.3) is 0 Å². The lowest BCUT2D eigenvalue weighted by molar-refractivity contribution is -0.145. The number of aromatic nitrogens is 2. The molecule has 0 aliphatic rings. The first kappa shape index (κ1) is 14.6. The molecular weight excluding hydrogens is 236 g/mol. The third kappa shape index (κ3) is 3.80. The molecule has 0 N–H and O–H groups in total. The molecule has 0 bridgehead atoms. The number of carbonyl (C=O) groups is 1. The number of ether oxygens (including phenoxy) is 2. The Bertz CT molecular complexity index is 378. The topological polar surface area (TPSA) is 74.5 Å². The van der Waals surface area contributed by atoms with E-state index in [9.17, 15) is 4.79 Å². The van der Waals surface area contributed by atoms with Crippen LogP contribution in [0.3, 0.4) is 0 Å². The normalized spacial score (nSPS) is 14.2. The largest absolute Gasteiger partial charge is 0.465 e. The summed E-state index contributed by atoms with van der Waals surface area (Å²) in [5, 5.41) is 3.84. The molecule has 0 aliphatic carbocycles. The van der Waals surface area contributed by atoms with Crippen molar-refractivity contribution < 1.29 is 18.8 Å². The van der Waals surface area contributed by atoms with Gasteiger partial charge in [0.05, 0.1) is 12.7 Å². The Morgan fingerprint density at radius 1 is 1.44 bits per heavy atom. The lowest BCUT2D eigenvalue weighted by atomic mass is 10.1. The quantitative estimate of drug-likeness (QED) is 0.691. The minimum absolute atomic E-state index is 0.0121. The molecule has 1 aromatic heterocycles. The van der Waals surface area contributed by atoms with Gasteiger partial charge in [0, 0.05) is 13.5 Å². The van der Waals surface area contributed by atoms with E-state index in [1.807, 2.05) is 13.8 Å². The van der Waals surface area contributed by atoms with E-state index in [1.54, 1.807) is 14.0 Å². The lowest BCUT2D eigenvalue weighted by Crippen LogP contribution is -2.16. The van der Waals surface area contributed by atoms with Crippen LogP contribution in [0.15, 0.2) is 4.52 Å². The summed E-state index contributed by atoms with van der Waals surface area (Å²) < 4.78 is 15.2. The smallest absolute Gasteiger partial charge is 0.318 e. The highest BCUT2D eigenvalue weighted by Crippen LogP contribution is 2.19. The predicted octanol–water partition coefficient (Wildman–Crippen LogP) is 1.70. The number of rotatable bonds is 7. The Balaban J connectivity index is 2.73. The minimum atomic E-state index is -0.482. The number of carbonyl (C=O) groups excluding carboxylic acids is 1. The van der Waals surface area contributed by atoms with Crippen molar-refractivity contribution in [1.29, 1.82) is 0 Å². The molecule has 0 amide bonds. The van der Waals surface area contributed by atoms with E-state index in [-0.39, 0.29) is 12.1 Å². The molecule has 0 aromatic carbocycles. The second-order valence-electron chi connectivity index (χ2n) is 4.01. The molecule has 0 saturated carbocycles. The van der Waals surface area contributed by atoms with E-state index in [2.05, 4.69) is 10.1 Å². The van der Waals surface area contributed by atoms with Crippen LogP contribution in [0.4, 0.5) is 0 Å². The fourth-order valence-electron chi connectivity index (χ4n) is 1.52. The molecule has 2 unspecified atom stereocenters. The summed E-state index contributed by atoms with van der Waals surface area (Å²) in [6.07, 6.45) is 1.14. The lowest BCUT2D eigenvalue weighted by Gasteiger charge is -2.08. The van der Waals surface area contributed by atoms with Gasteiger partial charge >= 0.3 is 5.97 Å². The van der Waals surface area contributed by atoms with Gasteiger partial charge in [-0.3, -0.25) is 4.79 Å². The fourth-order valence-corrected chi connectivity index (χ4v) is 1.52. The number of nitrogens with zero attached hydrogens (tertiary/aromatic N) is 2. The van der Waals surface area contributed by atoms with E-state index in [0.29, 0.717) is 31.2 Å². The molecule has 0 radical (unpaired) electrons. The van der Waals surface area contributed by atoms with Crippen LogP contribution < -0.4 is 0 Å². The monoisotopic (exact) mass is 256 g/mol. The van der Waals surface area contributed by atoms with Crippen LogP contribution in [0, 0.1) is 0 Å². The van der Waals surface area contributed by atoms with Crippen LogP contribution in [0.2, 0.25) is 0 Å². The van der Waals surface area contributed by atoms with Crippen molar-refractivity contribution in [3.8, 4) is 0 Å². The van der Waals surface area contributed by atoms with Gasteiger partial charge in [-0.15, -0.1) is 0 Å². The van der Waals surface area contributed by atoms with Gasteiger partial charge in [-0.25, -0.2) is 0 Å². The van der Waals surface area contributed by atoms with Crippen LogP contribution in [-0.2, 0) is 20.7 Å². The third-order valence-electron chi connectivity index (χ3n) is 2.63. The second kappa shape index (κ2) is 7.10. The van der Waals surface area contributed by atoms with Crippen molar-refractivity contribution in [2.45, 2.75) is 45.6 Å². The maximum atomic E-state index is 11.7. The second-order valence-corrected chi connectivity index (χ2v) is 4.01. The standard InChI is InChI=1S/C12H20N2O4/c1-5-9(12(15)17-6-2)11-13-10(14-18-11)7-8(3)16-4/h8-9H,5-7H2,1-4H3. The molecule has 1 heterocycles. The Labute approximate surface area is 107 Å². The molecule has 102 valence electrons. The zero-order chi connectivity index (χ0) is 13.5. The molecule has 0 fully saturated rings. The Morgan fingerprint density at radius 3 is 2.72 bits per heavy atom. The molecule has 6 heteroatoms. The van der Waals surface area contributed by atoms with Gasteiger partial charge < -0.3 is 14.0 Å². The van der Waals surface area contributed by atoms with Crippen molar-refractivity contribution in [2.24, 2.45) is 0 Å². The average molecular weight is 256 g/mol. The number of esters is 1. The summed E-state index contributed by atoms with van der Waals surface area (Å²) in [5.41, 5.74) is 0. The molecule has 2 atom stereocenters. The van der Waals surface area contributed by atoms with E-state index in [4.69, 9.17) is 14.0 Å². The van der Waals surface area contributed by atoms with E-state index < -0.39 is 5.92 Å². The Morgan fingerprint density at radius 2 is 2.17 bits per heavy atom. The van der Waals surface area contributed by atoms with Crippen LogP contribution in [0.25, 0.3) is 0 Å². The SMILES string of the molecule is CCOC(=O)C(CC)c1nc(CC(C)OC)no1. The molecular formula is C12H20N2O4. The zero-order valence-electron chi connectivity index (χ0n) is 11.3. The summed E-state index contributed by atoms with van der Waals surface area (Å²) in [6.45, 7) is 5.91. The van der Waals surface area contributed by atoms with Gasteiger partial charge in [-0.1, -0.05) is 12.1 Å². The molecule has 0 spiro atoms. The van der Waals surface area contributed by atoms with Crippen molar-refractivity contribution in [3.63, 3.8) is 0 Å².